The second-order valence-electron chi connectivity index (χ2n) is 8.36. The highest BCUT2D eigenvalue weighted by Gasteiger charge is 2.20. The van der Waals surface area contributed by atoms with Crippen LogP contribution >= 0.6 is 0 Å². The lowest BCUT2D eigenvalue weighted by atomic mass is 10.1. The van der Waals surface area contributed by atoms with E-state index in [1.165, 1.54) is 5.56 Å². The molecular formula is C27H29N5O. The van der Waals surface area contributed by atoms with Crippen molar-refractivity contribution in [3.8, 4) is 17.0 Å². The predicted octanol–water partition coefficient (Wildman–Crippen LogP) is 4.55. The average molecular weight is 440 g/mol. The van der Waals surface area contributed by atoms with Crippen molar-refractivity contribution in [2.75, 3.05) is 44.7 Å². The number of ether oxygens (including phenoxy) is 1. The van der Waals surface area contributed by atoms with Crippen LogP contribution in [0.3, 0.4) is 0 Å². The lowest BCUT2D eigenvalue weighted by Gasteiger charge is -2.35. The zero-order valence-electron chi connectivity index (χ0n) is 19.2. The number of para-hydroxylation sites is 1. The number of hydrogen-bond donors (Lipinski definition) is 0. The van der Waals surface area contributed by atoms with E-state index in [0.717, 1.165) is 66.9 Å². The zero-order valence-corrected chi connectivity index (χ0v) is 19.2. The second-order valence-corrected chi connectivity index (χ2v) is 8.36. The fraction of sp³-hybridized carbons (Fsp3) is 0.259. The maximum absolute atomic E-state index is 5.55. The Morgan fingerprint density at radius 1 is 0.939 bits per heavy atom. The molecule has 0 atom stereocenters. The molecule has 1 saturated heterocycles. The van der Waals surface area contributed by atoms with E-state index in [9.17, 15) is 0 Å². The summed E-state index contributed by atoms with van der Waals surface area (Å²) >= 11 is 0. The first kappa shape index (κ1) is 21.2. The third-order valence-electron chi connectivity index (χ3n) is 6.09. The first-order valence-electron chi connectivity index (χ1n) is 11.4. The standard InChI is InChI=1S/C27H29N5O/c1-21-19-27(31-17-15-30(16-18-31)14-8-11-22-9-4-3-5-10-22)32-26(28-21)20-24(29-32)23-12-6-7-13-25(23)33-2/h3-13,19-20H,14-18H2,1-2H3/b11-8+. The minimum atomic E-state index is 0.816. The summed E-state index contributed by atoms with van der Waals surface area (Å²) in [7, 11) is 1.69. The van der Waals surface area contributed by atoms with Gasteiger partial charge in [0.05, 0.1) is 12.8 Å². The molecule has 0 amide bonds. The van der Waals surface area contributed by atoms with Crippen LogP contribution in [-0.2, 0) is 0 Å². The Morgan fingerprint density at radius 3 is 2.48 bits per heavy atom. The molecule has 0 spiro atoms. The fourth-order valence-electron chi connectivity index (χ4n) is 4.36. The number of piperazine rings is 1. The van der Waals surface area contributed by atoms with Crippen molar-refractivity contribution >= 4 is 17.5 Å². The Hall–Kier alpha value is -3.64. The van der Waals surface area contributed by atoms with Crippen LogP contribution < -0.4 is 9.64 Å². The van der Waals surface area contributed by atoms with Crippen molar-refractivity contribution in [3.63, 3.8) is 0 Å². The summed E-state index contributed by atoms with van der Waals surface area (Å²) in [5.41, 5.74) is 4.95. The van der Waals surface area contributed by atoms with Crippen LogP contribution in [-0.4, -0.2) is 59.3 Å². The van der Waals surface area contributed by atoms with E-state index in [2.05, 4.69) is 52.3 Å². The minimum Gasteiger partial charge on any atom is -0.496 e. The second kappa shape index (κ2) is 9.46. The lowest BCUT2D eigenvalue weighted by molar-refractivity contribution is 0.283. The highest BCUT2D eigenvalue weighted by Crippen LogP contribution is 2.30. The van der Waals surface area contributed by atoms with Gasteiger partial charge in [0.25, 0.3) is 0 Å². The number of rotatable bonds is 6. The van der Waals surface area contributed by atoms with Crippen LogP contribution in [0.15, 0.2) is 72.8 Å². The van der Waals surface area contributed by atoms with E-state index in [1.54, 1.807) is 7.11 Å². The smallest absolute Gasteiger partial charge is 0.158 e. The van der Waals surface area contributed by atoms with Gasteiger partial charge in [-0.25, -0.2) is 4.98 Å². The molecule has 0 bridgehead atoms. The molecular weight excluding hydrogens is 410 g/mol. The Bertz CT molecular complexity index is 1260. The number of methoxy groups -OCH3 is 1. The summed E-state index contributed by atoms with van der Waals surface area (Å²) in [5, 5.41) is 4.92. The van der Waals surface area contributed by atoms with Gasteiger partial charge in [0.1, 0.15) is 11.6 Å². The molecule has 5 rings (SSSR count). The molecule has 6 nitrogen and oxygen atoms in total. The summed E-state index contributed by atoms with van der Waals surface area (Å²) in [6, 6.07) is 22.6. The van der Waals surface area contributed by atoms with Crippen LogP contribution in [0.1, 0.15) is 11.3 Å². The average Bonchev–Trinajstić information content (AvgIpc) is 3.28. The van der Waals surface area contributed by atoms with E-state index in [1.807, 2.05) is 47.8 Å². The number of anilines is 1. The number of aryl methyl sites for hydroxylation is 1. The van der Waals surface area contributed by atoms with Crippen molar-refractivity contribution in [1.82, 2.24) is 19.5 Å². The topological polar surface area (TPSA) is 45.9 Å². The van der Waals surface area contributed by atoms with Crippen molar-refractivity contribution < 1.29 is 4.74 Å². The highest BCUT2D eigenvalue weighted by atomic mass is 16.5. The first-order chi connectivity index (χ1) is 16.2. The maximum atomic E-state index is 5.55. The first-order valence-corrected chi connectivity index (χ1v) is 11.4. The Labute approximate surface area is 194 Å². The lowest BCUT2D eigenvalue weighted by Crippen LogP contribution is -2.47. The molecule has 1 aliphatic rings. The predicted molar refractivity (Wildman–Crippen MR) is 134 cm³/mol. The van der Waals surface area contributed by atoms with Gasteiger partial charge in [-0.1, -0.05) is 54.6 Å². The van der Waals surface area contributed by atoms with Crippen molar-refractivity contribution in [2.45, 2.75) is 6.92 Å². The molecule has 1 fully saturated rings. The van der Waals surface area contributed by atoms with E-state index in [0.29, 0.717) is 0 Å². The van der Waals surface area contributed by atoms with Gasteiger partial charge in [-0.15, -0.1) is 0 Å². The van der Waals surface area contributed by atoms with Crippen LogP contribution in [0.2, 0.25) is 0 Å². The van der Waals surface area contributed by atoms with Gasteiger partial charge in [-0.3, -0.25) is 4.90 Å². The molecule has 0 saturated carbocycles. The quantitative estimate of drug-likeness (QED) is 0.441. The third-order valence-corrected chi connectivity index (χ3v) is 6.09. The summed E-state index contributed by atoms with van der Waals surface area (Å²) in [6.07, 6.45) is 4.46. The van der Waals surface area contributed by atoms with Gasteiger partial charge in [-0.2, -0.15) is 9.61 Å². The Morgan fingerprint density at radius 2 is 1.70 bits per heavy atom. The van der Waals surface area contributed by atoms with Crippen LogP contribution in [0.25, 0.3) is 23.0 Å². The number of fused-ring (bicyclic) bond motifs is 1. The summed E-state index contributed by atoms with van der Waals surface area (Å²) < 4.78 is 7.52. The third kappa shape index (κ3) is 4.61. The van der Waals surface area contributed by atoms with E-state index in [4.69, 9.17) is 14.8 Å². The van der Waals surface area contributed by atoms with Crippen LogP contribution in [0, 0.1) is 6.92 Å². The molecule has 0 aliphatic carbocycles. The summed E-state index contributed by atoms with van der Waals surface area (Å²) in [6.45, 7) is 6.96. The zero-order chi connectivity index (χ0) is 22.6. The number of aromatic nitrogens is 3. The molecule has 1 aliphatic heterocycles. The van der Waals surface area contributed by atoms with Crippen LogP contribution in [0.5, 0.6) is 5.75 Å². The molecule has 0 N–H and O–H groups in total. The largest absolute Gasteiger partial charge is 0.496 e. The van der Waals surface area contributed by atoms with Crippen LogP contribution in [0.4, 0.5) is 5.82 Å². The fourth-order valence-corrected chi connectivity index (χ4v) is 4.36. The summed E-state index contributed by atoms with van der Waals surface area (Å²) in [5.74, 6) is 1.91. The van der Waals surface area contributed by atoms with Gasteiger partial charge in [-0.05, 0) is 24.6 Å². The highest BCUT2D eigenvalue weighted by molar-refractivity contribution is 5.71. The van der Waals surface area contributed by atoms with Gasteiger partial charge < -0.3 is 9.64 Å². The molecule has 0 radical (unpaired) electrons. The van der Waals surface area contributed by atoms with E-state index < -0.39 is 0 Å². The number of hydrogen-bond acceptors (Lipinski definition) is 5. The normalized spacial score (nSPS) is 14.9. The molecule has 4 aromatic rings. The van der Waals surface area contributed by atoms with E-state index in [-0.39, 0.29) is 0 Å². The molecule has 168 valence electrons. The van der Waals surface area contributed by atoms with Gasteiger partial charge >= 0.3 is 0 Å². The molecule has 3 heterocycles. The van der Waals surface area contributed by atoms with Crippen molar-refractivity contribution in [3.05, 3.63) is 84.1 Å². The molecule has 2 aromatic heterocycles. The Kier molecular flexibility index (Phi) is 6.09. The van der Waals surface area contributed by atoms with Gasteiger partial charge in [0, 0.05) is 56.1 Å². The monoisotopic (exact) mass is 439 g/mol. The van der Waals surface area contributed by atoms with Crippen molar-refractivity contribution in [2.24, 2.45) is 0 Å². The Balaban J connectivity index is 1.33. The van der Waals surface area contributed by atoms with Gasteiger partial charge in [0.15, 0.2) is 5.65 Å². The molecule has 33 heavy (non-hydrogen) atoms. The number of benzene rings is 2. The molecule has 0 unspecified atom stereocenters. The van der Waals surface area contributed by atoms with Crippen molar-refractivity contribution in [1.29, 1.82) is 0 Å². The van der Waals surface area contributed by atoms with E-state index >= 15 is 0 Å². The SMILES string of the molecule is COc1ccccc1-c1cc2nc(C)cc(N3CCN(C/C=C/c4ccccc4)CC3)n2n1. The number of nitrogens with zero attached hydrogens (tertiary/aromatic N) is 5. The summed E-state index contributed by atoms with van der Waals surface area (Å²) in [4.78, 5) is 9.64. The maximum Gasteiger partial charge on any atom is 0.158 e. The molecule has 6 heteroatoms. The minimum absolute atomic E-state index is 0.816. The molecule has 2 aromatic carbocycles. The van der Waals surface area contributed by atoms with Gasteiger partial charge in [0.2, 0.25) is 0 Å².